The zero-order chi connectivity index (χ0) is 15.2. The summed E-state index contributed by atoms with van der Waals surface area (Å²) in [4.78, 5) is 0. The minimum absolute atomic E-state index is 0.437. The van der Waals surface area contributed by atoms with Crippen LogP contribution < -0.4 is 10.1 Å². The van der Waals surface area contributed by atoms with Crippen LogP contribution in [0.3, 0.4) is 0 Å². The van der Waals surface area contributed by atoms with E-state index in [0.717, 1.165) is 43.9 Å². The number of benzene rings is 1. The first kappa shape index (κ1) is 14.8. The molecule has 1 unspecified atom stereocenters. The first-order valence-corrected chi connectivity index (χ1v) is 7.74. The molecule has 6 heteroatoms. The fourth-order valence-electron chi connectivity index (χ4n) is 2.36. The van der Waals surface area contributed by atoms with Crippen LogP contribution in [0.1, 0.15) is 19.8 Å². The monoisotopic (exact) mass is 303 g/mol. The van der Waals surface area contributed by atoms with E-state index in [1.54, 1.807) is 0 Å². The fraction of sp³-hybridized carbons (Fsp3) is 0.500. The van der Waals surface area contributed by atoms with Crippen molar-refractivity contribution in [2.45, 2.75) is 19.8 Å². The highest BCUT2D eigenvalue weighted by atomic mass is 16.5. The molecule has 1 aliphatic rings. The molecule has 6 nitrogen and oxygen atoms in total. The van der Waals surface area contributed by atoms with Gasteiger partial charge in [-0.05, 0) is 25.0 Å². The van der Waals surface area contributed by atoms with Gasteiger partial charge < -0.3 is 19.2 Å². The van der Waals surface area contributed by atoms with Crippen LogP contribution in [0.15, 0.2) is 28.7 Å². The lowest BCUT2D eigenvalue weighted by Gasteiger charge is -2.08. The van der Waals surface area contributed by atoms with Crippen LogP contribution in [-0.4, -0.2) is 36.6 Å². The average molecular weight is 303 g/mol. The number of nitrogens with zero attached hydrogens (tertiary/aromatic N) is 2. The Labute approximate surface area is 129 Å². The molecule has 118 valence electrons. The predicted octanol–water partition coefficient (Wildman–Crippen LogP) is 2.97. The Balaban J connectivity index is 1.67. The van der Waals surface area contributed by atoms with Crippen LogP contribution in [-0.2, 0) is 4.74 Å². The van der Waals surface area contributed by atoms with Gasteiger partial charge in [0.05, 0.1) is 18.8 Å². The summed E-state index contributed by atoms with van der Waals surface area (Å²) >= 11 is 0. The van der Waals surface area contributed by atoms with Gasteiger partial charge in [0.1, 0.15) is 5.75 Å². The molecule has 2 heterocycles. The van der Waals surface area contributed by atoms with Crippen molar-refractivity contribution >= 4 is 6.01 Å². The van der Waals surface area contributed by atoms with Crippen molar-refractivity contribution in [3.63, 3.8) is 0 Å². The molecule has 0 amide bonds. The van der Waals surface area contributed by atoms with Gasteiger partial charge in [-0.3, -0.25) is 0 Å². The van der Waals surface area contributed by atoms with E-state index in [9.17, 15) is 0 Å². The van der Waals surface area contributed by atoms with Crippen LogP contribution in [0.4, 0.5) is 6.01 Å². The van der Waals surface area contributed by atoms with Crippen LogP contribution in [0, 0.1) is 5.92 Å². The third-order valence-electron chi connectivity index (χ3n) is 3.57. The highest BCUT2D eigenvalue weighted by Crippen LogP contribution is 2.29. The molecule has 1 atom stereocenters. The zero-order valence-electron chi connectivity index (χ0n) is 12.7. The van der Waals surface area contributed by atoms with E-state index in [1.807, 2.05) is 24.3 Å². The molecule has 0 saturated carbocycles. The van der Waals surface area contributed by atoms with Crippen molar-refractivity contribution in [2.75, 3.05) is 31.7 Å². The fourth-order valence-corrected chi connectivity index (χ4v) is 2.36. The number of hydrogen-bond donors (Lipinski definition) is 1. The van der Waals surface area contributed by atoms with Gasteiger partial charge in [0, 0.05) is 19.1 Å². The minimum Gasteiger partial charge on any atom is -0.493 e. The molecule has 2 aromatic rings. The summed E-state index contributed by atoms with van der Waals surface area (Å²) in [5.74, 6) is 1.75. The van der Waals surface area contributed by atoms with E-state index in [2.05, 4.69) is 22.4 Å². The van der Waals surface area contributed by atoms with Gasteiger partial charge in [-0.1, -0.05) is 24.2 Å². The first-order chi connectivity index (χ1) is 10.9. The summed E-state index contributed by atoms with van der Waals surface area (Å²) in [5.41, 5.74) is 0.820. The number of rotatable bonds is 7. The normalized spacial score (nSPS) is 17.6. The summed E-state index contributed by atoms with van der Waals surface area (Å²) in [6, 6.07) is 8.14. The minimum atomic E-state index is 0.437. The second-order valence-corrected chi connectivity index (χ2v) is 5.37. The van der Waals surface area contributed by atoms with Crippen LogP contribution in [0.2, 0.25) is 0 Å². The summed E-state index contributed by atoms with van der Waals surface area (Å²) in [6.07, 6.45) is 2.02. The third-order valence-corrected chi connectivity index (χ3v) is 3.57. The largest absolute Gasteiger partial charge is 0.493 e. The third kappa shape index (κ3) is 3.57. The van der Waals surface area contributed by atoms with E-state index in [1.165, 1.54) is 0 Å². The zero-order valence-corrected chi connectivity index (χ0v) is 12.7. The Hall–Kier alpha value is -2.08. The molecule has 1 saturated heterocycles. The maximum Gasteiger partial charge on any atom is 0.315 e. The predicted molar refractivity (Wildman–Crippen MR) is 82.9 cm³/mol. The Morgan fingerprint density at radius 2 is 2.23 bits per heavy atom. The first-order valence-electron chi connectivity index (χ1n) is 7.74. The van der Waals surface area contributed by atoms with Gasteiger partial charge in [-0.15, -0.1) is 5.10 Å². The molecule has 1 aromatic carbocycles. The number of para-hydroxylation sites is 1. The Morgan fingerprint density at radius 1 is 1.32 bits per heavy atom. The number of nitrogens with one attached hydrogen (secondary N) is 1. The smallest absolute Gasteiger partial charge is 0.315 e. The van der Waals surface area contributed by atoms with Gasteiger partial charge >= 0.3 is 6.01 Å². The lowest BCUT2D eigenvalue weighted by Crippen LogP contribution is -2.14. The molecule has 1 aliphatic heterocycles. The molecule has 0 aliphatic carbocycles. The maximum atomic E-state index is 5.73. The van der Waals surface area contributed by atoms with Crippen molar-refractivity contribution in [3.8, 4) is 17.2 Å². The molecule has 0 radical (unpaired) electrons. The van der Waals surface area contributed by atoms with E-state index in [4.69, 9.17) is 13.9 Å². The number of aromatic nitrogens is 2. The molecular formula is C16H21N3O3. The molecular weight excluding hydrogens is 282 g/mol. The van der Waals surface area contributed by atoms with Crippen molar-refractivity contribution in [1.82, 2.24) is 10.2 Å². The number of hydrogen-bond acceptors (Lipinski definition) is 6. The topological polar surface area (TPSA) is 69.4 Å². The molecule has 0 spiro atoms. The summed E-state index contributed by atoms with van der Waals surface area (Å²) < 4.78 is 16.8. The van der Waals surface area contributed by atoms with E-state index in [-0.39, 0.29) is 0 Å². The van der Waals surface area contributed by atoms with E-state index in [0.29, 0.717) is 24.4 Å². The van der Waals surface area contributed by atoms with Gasteiger partial charge in [-0.25, -0.2) is 0 Å². The van der Waals surface area contributed by atoms with Crippen molar-refractivity contribution in [2.24, 2.45) is 5.92 Å². The van der Waals surface area contributed by atoms with Crippen molar-refractivity contribution in [3.05, 3.63) is 24.3 Å². The second kappa shape index (κ2) is 7.26. The van der Waals surface area contributed by atoms with Gasteiger partial charge in [0.25, 0.3) is 5.89 Å². The molecule has 3 rings (SSSR count). The molecule has 1 fully saturated rings. The average Bonchev–Trinajstić information content (AvgIpc) is 3.22. The van der Waals surface area contributed by atoms with Crippen LogP contribution in [0.5, 0.6) is 5.75 Å². The van der Waals surface area contributed by atoms with Crippen molar-refractivity contribution < 1.29 is 13.9 Å². The van der Waals surface area contributed by atoms with Crippen LogP contribution >= 0.6 is 0 Å². The number of ether oxygens (including phenoxy) is 2. The Kier molecular flexibility index (Phi) is 4.90. The SMILES string of the molecule is CCCOc1ccccc1-c1nnc(NCC2CCOC2)o1. The standard InChI is InChI=1S/C16H21N3O3/c1-2-8-21-14-6-4-3-5-13(14)15-18-19-16(22-15)17-10-12-7-9-20-11-12/h3-6,12H,2,7-11H2,1H3,(H,17,19). The molecule has 1 aromatic heterocycles. The summed E-state index contributed by atoms with van der Waals surface area (Å²) in [6.45, 7) is 5.16. The lowest BCUT2D eigenvalue weighted by molar-refractivity contribution is 0.187. The second-order valence-electron chi connectivity index (χ2n) is 5.37. The summed E-state index contributed by atoms with van der Waals surface area (Å²) in [5, 5.41) is 11.3. The van der Waals surface area contributed by atoms with Gasteiger partial charge in [0.15, 0.2) is 0 Å². The molecule has 0 bridgehead atoms. The highest BCUT2D eigenvalue weighted by molar-refractivity contribution is 5.62. The summed E-state index contributed by atoms with van der Waals surface area (Å²) in [7, 11) is 0. The number of anilines is 1. The Morgan fingerprint density at radius 3 is 3.05 bits per heavy atom. The maximum absolute atomic E-state index is 5.73. The Bertz CT molecular complexity index is 594. The van der Waals surface area contributed by atoms with Gasteiger partial charge in [-0.2, -0.15) is 0 Å². The molecule has 22 heavy (non-hydrogen) atoms. The van der Waals surface area contributed by atoms with Crippen molar-refractivity contribution in [1.29, 1.82) is 0 Å². The lowest BCUT2D eigenvalue weighted by atomic mass is 10.1. The van der Waals surface area contributed by atoms with E-state index < -0.39 is 0 Å². The molecule has 1 N–H and O–H groups in total. The highest BCUT2D eigenvalue weighted by Gasteiger charge is 2.17. The quantitative estimate of drug-likeness (QED) is 0.848. The van der Waals surface area contributed by atoms with Crippen LogP contribution in [0.25, 0.3) is 11.5 Å². The van der Waals surface area contributed by atoms with Gasteiger partial charge in [0.2, 0.25) is 0 Å². The van der Waals surface area contributed by atoms with E-state index >= 15 is 0 Å².